The van der Waals surface area contributed by atoms with Gasteiger partial charge in [-0.15, -0.1) is 0 Å². The minimum Gasteiger partial charge on any atom is -0.480 e. The third kappa shape index (κ3) is 29.1. The fourth-order valence-electron chi connectivity index (χ4n) is 5.67. The Morgan fingerprint density at radius 3 is 1.30 bits per heavy atom. The second-order valence-corrected chi connectivity index (χ2v) is 13.9. The number of hydrogen-bond acceptors (Lipinski definition) is 5. The van der Waals surface area contributed by atoms with Crippen molar-refractivity contribution in [3.8, 4) is 0 Å². The lowest BCUT2D eigenvalue weighted by Crippen LogP contribution is -2.44. The van der Waals surface area contributed by atoms with E-state index in [0.29, 0.717) is 12.8 Å². The number of amides is 1. The van der Waals surface area contributed by atoms with Gasteiger partial charge in [0, 0.05) is 6.42 Å². The molecule has 2 unspecified atom stereocenters. The number of carboxylic acid groups (broad SMARTS) is 1. The fraction of sp³-hybridized carbons (Fsp3) is 0.919. The van der Waals surface area contributed by atoms with Crippen molar-refractivity contribution < 1.29 is 29.3 Å². The summed E-state index contributed by atoms with van der Waals surface area (Å²) in [5.41, 5.74) is 0. The predicted octanol–water partition coefficient (Wildman–Crippen LogP) is 9.52. The molecule has 0 aliphatic rings. The highest BCUT2D eigenvalue weighted by molar-refractivity contribution is 5.84. The molecule has 0 heterocycles. The Balaban J connectivity index is 4.20. The molecular weight excluding hydrogens is 554 g/mol. The quantitative estimate of drug-likeness (QED) is 0.0507. The molecule has 0 saturated heterocycles. The Morgan fingerprint density at radius 2 is 0.932 bits per heavy atom. The van der Waals surface area contributed by atoms with Crippen molar-refractivity contribution in [3.63, 3.8) is 0 Å². The van der Waals surface area contributed by atoms with Crippen molar-refractivity contribution in [2.75, 3.05) is 6.61 Å². The number of aliphatic hydroxyl groups is 1. The number of carbonyl (C=O) groups is 3. The molecule has 7 nitrogen and oxygen atoms in total. The lowest BCUT2D eigenvalue weighted by molar-refractivity contribution is -0.152. The van der Waals surface area contributed by atoms with Crippen LogP contribution in [0.4, 0.5) is 0 Å². The molecule has 0 radical (unpaired) electrons. The maximum atomic E-state index is 12.6. The van der Waals surface area contributed by atoms with Crippen LogP contribution in [0.1, 0.15) is 188 Å². The number of aliphatic carboxylic acids is 1. The Morgan fingerprint density at radius 1 is 0.568 bits per heavy atom. The maximum Gasteiger partial charge on any atom is 0.328 e. The highest BCUT2D eigenvalue weighted by atomic mass is 16.5. The van der Waals surface area contributed by atoms with Gasteiger partial charge in [0.1, 0.15) is 12.1 Å². The number of ether oxygens (including phenoxy) is 1. The van der Waals surface area contributed by atoms with E-state index in [1.165, 1.54) is 103 Å². The van der Waals surface area contributed by atoms with Crippen LogP contribution in [0.25, 0.3) is 0 Å². The van der Waals surface area contributed by atoms with Crippen LogP contribution >= 0.6 is 0 Å². The third-order valence-electron chi connectivity index (χ3n) is 8.50. The summed E-state index contributed by atoms with van der Waals surface area (Å²) in [6.07, 6.45) is 27.1. The van der Waals surface area contributed by atoms with Gasteiger partial charge in [0.25, 0.3) is 0 Å². The molecule has 0 aliphatic heterocycles. The van der Waals surface area contributed by atoms with Gasteiger partial charge in [-0.3, -0.25) is 9.59 Å². The first-order valence-corrected chi connectivity index (χ1v) is 18.5. The van der Waals surface area contributed by atoms with Crippen molar-refractivity contribution >= 4 is 17.8 Å². The van der Waals surface area contributed by atoms with Gasteiger partial charge < -0.3 is 20.3 Å². The van der Waals surface area contributed by atoms with E-state index < -0.39 is 30.6 Å². The molecule has 0 aromatic heterocycles. The van der Waals surface area contributed by atoms with Crippen LogP contribution in [0.3, 0.4) is 0 Å². The number of carboxylic acids is 1. The van der Waals surface area contributed by atoms with E-state index in [1.54, 1.807) is 0 Å². The summed E-state index contributed by atoms with van der Waals surface area (Å²) in [6, 6.07) is -1.35. The largest absolute Gasteiger partial charge is 0.480 e. The molecule has 0 bridgehead atoms. The highest BCUT2D eigenvalue weighted by Crippen LogP contribution is 2.18. The van der Waals surface area contributed by atoms with E-state index in [4.69, 9.17) is 9.84 Å². The van der Waals surface area contributed by atoms with Gasteiger partial charge in [-0.2, -0.15) is 0 Å². The molecule has 2 atom stereocenters. The lowest BCUT2D eigenvalue weighted by atomic mass is 10.0. The Labute approximate surface area is 271 Å². The standard InChI is InChI=1S/C37H71NO6/c1-31(2)25-21-17-13-9-6-5-7-12-16-20-24-28-36(41)44-33(29-35(40)38-34(30-39)37(42)43)27-23-19-15-11-8-10-14-18-22-26-32(3)4/h31-34,39H,5-30H2,1-4H3,(H,38,40)(H,42,43). The zero-order chi connectivity index (χ0) is 32.8. The maximum absolute atomic E-state index is 12.6. The number of rotatable bonds is 32. The molecule has 3 N–H and O–H groups in total. The molecule has 0 aliphatic carbocycles. The normalized spacial score (nSPS) is 12.9. The first-order chi connectivity index (χ1) is 21.1. The summed E-state index contributed by atoms with van der Waals surface area (Å²) in [5, 5.41) is 20.7. The molecule has 7 heteroatoms. The molecule has 0 saturated carbocycles. The highest BCUT2D eigenvalue weighted by Gasteiger charge is 2.23. The van der Waals surface area contributed by atoms with E-state index in [0.717, 1.165) is 50.4 Å². The smallest absolute Gasteiger partial charge is 0.328 e. The molecule has 0 aromatic carbocycles. The van der Waals surface area contributed by atoms with Crippen LogP contribution in [0, 0.1) is 11.8 Å². The second-order valence-electron chi connectivity index (χ2n) is 13.9. The van der Waals surface area contributed by atoms with Crippen molar-refractivity contribution in [3.05, 3.63) is 0 Å². The van der Waals surface area contributed by atoms with E-state index in [9.17, 15) is 19.5 Å². The Hall–Kier alpha value is -1.63. The number of aliphatic hydroxyl groups excluding tert-OH is 1. The van der Waals surface area contributed by atoms with Crippen molar-refractivity contribution in [2.45, 2.75) is 200 Å². The van der Waals surface area contributed by atoms with Crippen molar-refractivity contribution in [2.24, 2.45) is 11.8 Å². The monoisotopic (exact) mass is 626 g/mol. The van der Waals surface area contributed by atoms with Crippen molar-refractivity contribution in [1.29, 1.82) is 0 Å². The van der Waals surface area contributed by atoms with Crippen LogP contribution in [-0.4, -0.2) is 46.8 Å². The van der Waals surface area contributed by atoms with Crippen molar-refractivity contribution in [1.82, 2.24) is 5.32 Å². The first-order valence-electron chi connectivity index (χ1n) is 18.5. The molecule has 0 rings (SSSR count). The Kier molecular flexibility index (Phi) is 28.9. The van der Waals surface area contributed by atoms with Gasteiger partial charge in [0.05, 0.1) is 13.0 Å². The SMILES string of the molecule is CC(C)CCCCCCCCCCCCCC(=O)OC(CCCCCCCCCCCC(C)C)CC(=O)NC(CO)C(=O)O. The summed E-state index contributed by atoms with van der Waals surface area (Å²) in [6.45, 7) is 8.47. The van der Waals surface area contributed by atoms with Crippen LogP contribution in [0.2, 0.25) is 0 Å². The van der Waals surface area contributed by atoms with Gasteiger partial charge in [-0.25, -0.2) is 4.79 Å². The number of esters is 1. The number of nitrogens with one attached hydrogen (secondary N) is 1. The number of unbranched alkanes of at least 4 members (excludes halogenated alkanes) is 18. The van der Waals surface area contributed by atoms with E-state index >= 15 is 0 Å². The zero-order valence-electron chi connectivity index (χ0n) is 29.2. The summed E-state index contributed by atoms with van der Waals surface area (Å²) in [5.74, 6) is -0.473. The molecule has 0 spiro atoms. The average Bonchev–Trinajstić information content (AvgIpc) is 2.96. The molecule has 0 aromatic rings. The van der Waals surface area contributed by atoms with Crippen LogP contribution < -0.4 is 5.32 Å². The third-order valence-corrected chi connectivity index (χ3v) is 8.50. The molecule has 0 fully saturated rings. The minimum absolute atomic E-state index is 0.0797. The van der Waals surface area contributed by atoms with Crippen LogP contribution in [0.5, 0.6) is 0 Å². The van der Waals surface area contributed by atoms with Crippen LogP contribution in [0.15, 0.2) is 0 Å². The van der Waals surface area contributed by atoms with Crippen LogP contribution in [-0.2, 0) is 19.1 Å². The molecule has 260 valence electrons. The fourth-order valence-corrected chi connectivity index (χ4v) is 5.67. The summed E-state index contributed by atoms with van der Waals surface area (Å²) < 4.78 is 5.70. The van der Waals surface area contributed by atoms with Gasteiger partial charge in [-0.05, 0) is 31.1 Å². The summed E-state index contributed by atoms with van der Waals surface area (Å²) in [4.78, 5) is 36.2. The number of hydrogen-bond donors (Lipinski definition) is 3. The second kappa shape index (κ2) is 30.0. The lowest BCUT2D eigenvalue weighted by Gasteiger charge is -2.19. The van der Waals surface area contributed by atoms with E-state index in [1.807, 2.05) is 0 Å². The van der Waals surface area contributed by atoms with Gasteiger partial charge in [0.2, 0.25) is 5.91 Å². The predicted molar refractivity (Wildman–Crippen MR) is 182 cm³/mol. The summed E-state index contributed by atoms with van der Waals surface area (Å²) in [7, 11) is 0. The van der Waals surface area contributed by atoms with E-state index in [-0.39, 0.29) is 12.4 Å². The molecule has 1 amide bonds. The Bertz CT molecular complexity index is 695. The van der Waals surface area contributed by atoms with Gasteiger partial charge in [-0.1, -0.05) is 156 Å². The molecule has 44 heavy (non-hydrogen) atoms. The minimum atomic E-state index is -1.35. The van der Waals surface area contributed by atoms with Gasteiger partial charge in [0.15, 0.2) is 0 Å². The number of carbonyl (C=O) groups excluding carboxylic acids is 2. The average molecular weight is 626 g/mol. The van der Waals surface area contributed by atoms with Gasteiger partial charge >= 0.3 is 11.9 Å². The van der Waals surface area contributed by atoms with E-state index in [2.05, 4.69) is 33.0 Å². The molecular formula is C37H71NO6. The topological polar surface area (TPSA) is 113 Å². The zero-order valence-corrected chi connectivity index (χ0v) is 29.2. The first kappa shape index (κ1) is 42.4. The summed E-state index contributed by atoms with van der Waals surface area (Å²) >= 11 is 0.